The Bertz CT molecular complexity index is 948. The van der Waals surface area contributed by atoms with Gasteiger partial charge in [-0.05, 0) is 85.5 Å². The van der Waals surface area contributed by atoms with Gasteiger partial charge in [0.2, 0.25) is 0 Å². The van der Waals surface area contributed by atoms with Gasteiger partial charge in [0.1, 0.15) is 11.5 Å². The molecule has 0 bridgehead atoms. The Morgan fingerprint density at radius 1 is 0.829 bits per heavy atom. The zero-order valence-corrected chi connectivity index (χ0v) is 23.4. The maximum Gasteiger partial charge on any atom is 0.155 e. The van der Waals surface area contributed by atoms with Gasteiger partial charge in [0.25, 0.3) is 0 Å². The molecule has 0 unspecified atom stereocenters. The van der Waals surface area contributed by atoms with Gasteiger partial charge in [0, 0.05) is 0 Å². The summed E-state index contributed by atoms with van der Waals surface area (Å²) in [6, 6.07) is 19.7. The summed E-state index contributed by atoms with van der Waals surface area (Å²) in [4.78, 5) is 0. The van der Waals surface area contributed by atoms with Gasteiger partial charge in [-0.25, -0.2) is 0 Å². The second-order valence-electron chi connectivity index (χ2n) is 8.57. The first-order chi connectivity index (χ1) is 16.8. The Balaban J connectivity index is 0.000000330. The van der Waals surface area contributed by atoms with Crippen molar-refractivity contribution in [3.05, 3.63) is 94.0 Å². The van der Waals surface area contributed by atoms with E-state index in [9.17, 15) is 10.2 Å². The highest BCUT2D eigenvalue weighted by Crippen LogP contribution is 2.29. The Hall–Kier alpha value is -2.39. The second kappa shape index (κ2) is 17.1. The van der Waals surface area contributed by atoms with Crippen LogP contribution in [0.5, 0.6) is 11.5 Å². The van der Waals surface area contributed by atoms with Crippen LogP contribution in [0.2, 0.25) is 0 Å². The van der Waals surface area contributed by atoms with Gasteiger partial charge in [-0.2, -0.15) is 0 Å². The van der Waals surface area contributed by atoms with E-state index < -0.39 is 0 Å². The van der Waals surface area contributed by atoms with Crippen LogP contribution >= 0.6 is 9.03 Å². The fraction of sp³-hybridized carbons (Fsp3) is 0.400. The molecule has 1 aliphatic heterocycles. The average molecular weight is 499 g/mol. The summed E-state index contributed by atoms with van der Waals surface area (Å²) in [5.74, 6) is 0.984. The van der Waals surface area contributed by atoms with Crippen LogP contribution in [0.1, 0.15) is 73.4 Å². The molecule has 0 radical (unpaired) electrons. The van der Waals surface area contributed by atoms with Crippen molar-refractivity contribution in [3.63, 3.8) is 0 Å². The summed E-state index contributed by atoms with van der Waals surface area (Å²) in [7, 11) is 0.302. The summed E-state index contributed by atoms with van der Waals surface area (Å²) < 4.78 is 9.75. The average Bonchev–Trinajstić information content (AvgIpc) is 2.86. The number of phenols is 2. The Morgan fingerprint density at radius 2 is 1.40 bits per heavy atom. The molecule has 3 aromatic rings. The van der Waals surface area contributed by atoms with E-state index in [1.807, 2.05) is 52.0 Å². The van der Waals surface area contributed by atoms with Gasteiger partial charge in [0.05, 0.1) is 13.2 Å². The van der Waals surface area contributed by atoms with Crippen LogP contribution < -0.4 is 0 Å². The number of hydrogen-bond acceptors (Lipinski definition) is 4. The molecule has 0 saturated carbocycles. The number of aryl methyl sites for hydroxylation is 3. The molecule has 3 aromatic carbocycles. The molecule has 192 valence electrons. The molecule has 1 heterocycles. The van der Waals surface area contributed by atoms with Crippen molar-refractivity contribution in [1.82, 2.24) is 0 Å². The molecule has 0 spiro atoms. The lowest BCUT2D eigenvalue weighted by atomic mass is 9.93. The van der Waals surface area contributed by atoms with Crippen LogP contribution in [0.15, 0.2) is 60.7 Å². The lowest BCUT2D eigenvalue weighted by molar-refractivity contribution is 0.197. The number of rotatable bonds is 3. The fourth-order valence-corrected chi connectivity index (χ4v) is 4.03. The van der Waals surface area contributed by atoms with E-state index in [2.05, 4.69) is 39.0 Å². The zero-order valence-electron chi connectivity index (χ0n) is 22.4. The van der Waals surface area contributed by atoms with Crippen LogP contribution in [0.4, 0.5) is 0 Å². The van der Waals surface area contributed by atoms with Crippen molar-refractivity contribution >= 4 is 9.03 Å². The van der Waals surface area contributed by atoms with E-state index in [0.29, 0.717) is 26.5 Å². The van der Waals surface area contributed by atoms with E-state index in [-0.39, 0.29) is 0 Å². The monoisotopic (exact) mass is 498 g/mol. The predicted molar refractivity (Wildman–Crippen MR) is 150 cm³/mol. The molecule has 5 heteroatoms. The minimum Gasteiger partial charge on any atom is -0.508 e. The molecule has 0 amide bonds. The SMILES string of the molecule is C1COPOC1.CC.Cc1cc(O)cc(C)c1Cc1ccc(O)c(C(C)C)c1.Cc1ccccc1. The summed E-state index contributed by atoms with van der Waals surface area (Å²) in [6.07, 6.45) is 1.88. The van der Waals surface area contributed by atoms with E-state index in [0.717, 1.165) is 42.7 Å². The lowest BCUT2D eigenvalue weighted by Crippen LogP contribution is -1.98. The molecule has 1 saturated heterocycles. The fourth-order valence-electron chi connectivity index (χ4n) is 3.49. The maximum atomic E-state index is 9.88. The second-order valence-corrected chi connectivity index (χ2v) is 9.32. The molecule has 0 aliphatic carbocycles. The van der Waals surface area contributed by atoms with Gasteiger partial charge < -0.3 is 19.3 Å². The number of aromatic hydroxyl groups is 2. The Kier molecular flexibility index (Phi) is 15.0. The minimum absolute atomic E-state index is 0.302. The lowest BCUT2D eigenvalue weighted by Gasteiger charge is -2.14. The highest BCUT2D eigenvalue weighted by Gasteiger charge is 2.10. The maximum absolute atomic E-state index is 9.88. The van der Waals surface area contributed by atoms with Gasteiger partial charge in [0.15, 0.2) is 9.03 Å². The van der Waals surface area contributed by atoms with Crippen molar-refractivity contribution in [2.45, 2.75) is 67.2 Å². The summed E-state index contributed by atoms with van der Waals surface area (Å²) in [5.41, 5.74) is 6.93. The third-order valence-electron chi connectivity index (χ3n) is 5.33. The first kappa shape index (κ1) is 30.6. The first-order valence-corrected chi connectivity index (χ1v) is 13.2. The molecular formula is C30H43O4P. The van der Waals surface area contributed by atoms with Crippen molar-refractivity contribution in [2.75, 3.05) is 13.2 Å². The van der Waals surface area contributed by atoms with Crippen molar-refractivity contribution in [3.8, 4) is 11.5 Å². The quantitative estimate of drug-likeness (QED) is 0.356. The van der Waals surface area contributed by atoms with Crippen LogP contribution in [0, 0.1) is 20.8 Å². The van der Waals surface area contributed by atoms with E-state index in [1.54, 1.807) is 18.2 Å². The highest BCUT2D eigenvalue weighted by atomic mass is 31.1. The molecule has 4 rings (SSSR count). The van der Waals surface area contributed by atoms with Crippen LogP contribution in [-0.2, 0) is 15.5 Å². The summed E-state index contributed by atoms with van der Waals surface area (Å²) >= 11 is 0. The normalized spacial score (nSPS) is 12.3. The smallest absolute Gasteiger partial charge is 0.155 e. The van der Waals surface area contributed by atoms with Gasteiger partial charge >= 0.3 is 0 Å². The molecule has 1 fully saturated rings. The van der Waals surface area contributed by atoms with Crippen molar-refractivity contribution in [2.24, 2.45) is 0 Å². The largest absolute Gasteiger partial charge is 0.508 e. The molecular weight excluding hydrogens is 455 g/mol. The van der Waals surface area contributed by atoms with Gasteiger partial charge in [-0.1, -0.05) is 75.7 Å². The third-order valence-corrected chi connectivity index (χ3v) is 5.97. The molecule has 35 heavy (non-hydrogen) atoms. The van der Waals surface area contributed by atoms with Crippen molar-refractivity contribution in [1.29, 1.82) is 0 Å². The zero-order chi connectivity index (χ0) is 26.2. The third kappa shape index (κ3) is 11.7. The topological polar surface area (TPSA) is 58.9 Å². The Labute approximate surface area is 214 Å². The molecule has 4 nitrogen and oxygen atoms in total. The first-order valence-electron chi connectivity index (χ1n) is 12.4. The molecule has 0 atom stereocenters. The Morgan fingerprint density at radius 3 is 1.80 bits per heavy atom. The van der Waals surface area contributed by atoms with Gasteiger partial charge in [-0.15, -0.1) is 0 Å². The van der Waals surface area contributed by atoms with Crippen molar-refractivity contribution < 1.29 is 19.3 Å². The molecule has 1 aliphatic rings. The van der Waals surface area contributed by atoms with E-state index >= 15 is 0 Å². The predicted octanol–water partition coefficient (Wildman–Crippen LogP) is 8.38. The standard InChI is InChI=1S/C18H22O2.C7H8.C3H7O2P.C2H6/c1-11(2)16-9-14(5-6-18(16)20)10-17-12(3)7-15(19)8-13(17)4;1-7-5-3-2-4-6-7;1-2-4-6-5-3-1;1-2/h5-9,11,19-20H,10H2,1-4H3;2-6H,1H3;6H,1-3H2;1-2H3. The van der Waals surface area contributed by atoms with E-state index in [1.165, 1.54) is 16.7 Å². The highest BCUT2D eigenvalue weighted by molar-refractivity contribution is 7.26. The van der Waals surface area contributed by atoms with E-state index in [4.69, 9.17) is 9.05 Å². The number of phenolic OH excluding ortho intramolecular Hbond substituents is 2. The van der Waals surface area contributed by atoms with Gasteiger partial charge in [-0.3, -0.25) is 0 Å². The van der Waals surface area contributed by atoms with Crippen LogP contribution in [0.3, 0.4) is 0 Å². The number of benzene rings is 3. The number of hydrogen-bond donors (Lipinski definition) is 2. The van der Waals surface area contributed by atoms with Crippen LogP contribution in [-0.4, -0.2) is 23.4 Å². The van der Waals surface area contributed by atoms with Crippen LogP contribution in [0.25, 0.3) is 0 Å². The minimum atomic E-state index is 0.302. The summed E-state index contributed by atoms with van der Waals surface area (Å²) in [6.45, 7) is 16.1. The molecule has 2 N–H and O–H groups in total. The summed E-state index contributed by atoms with van der Waals surface area (Å²) in [5, 5.41) is 19.5. The molecule has 0 aromatic heterocycles.